The van der Waals surface area contributed by atoms with Crippen LogP contribution in [0.4, 0.5) is 4.39 Å². The molecule has 0 aliphatic heterocycles. The van der Waals surface area contributed by atoms with Crippen molar-refractivity contribution in [1.82, 2.24) is 9.88 Å². The fourth-order valence-corrected chi connectivity index (χ4v) is 4.35. The highest BCUT2D eigenvalue weighted by atomic mass is 35.5. The molecule has 1 amide bonds. The van der Waals surface area contributed by atoms with E-state index in [1.807, 2.05) is 18.2 Å². The number of benzene rings is 3. The van der Waals surface area contributed by atoms with Gasteiger partial charge in [0.05, 0.1) is 17.6 Å². The van der Waals surface area contributed by atoms with Crippen LogP contribution in [0.3, 0.4) is 0 Å². The highest BCUT2D eigenvalue weighted by Crippen LogP contribution is 2.28. The second-order valence-electron chi connectivity index (χ2n) is 9.55. The van der Waals surface area contributed by atoms with Crippen LogP contribution in [0.15, 0.2) is 72.9 Å². The van der Waals surface area contributed by atoms with Gasteiger partial charge in [0.1, 0.15) is 6.17 Å². The van der Waals surface area contributed by atoms with Gasteiger partial charge >= 0.3 is 0 Å². The van der Waals surface area contributed by atoms with Gasteiger partial charge in [-0.05, 0) is 52.4 Å². The van der Waals surface area contributed by atoms with Crippen molar-refractivity contribution in [3.05, 3.63) is 105 Å². The van der Waals surface area contributed by atoms with E-state index in [1.165, 1.54) is 10.5 Å². The summed E-state index contributed by atoms with van der Waals surface area (Å²) in [4.78, 5) is 18.4. The molecule has 1 N–H and O–H groups in total. The van der Waals surface area contributed by atoms with Crippen LogP contribution in [-0.4, -0.2) is 22.3 Å². The zero-order valence-electron chi connectivity index (χ0n) is 19.4. The molecule has 3 nitrogen and oxygen atoms in total. The number of amides is 1. The number of nitrogens with one attached hydrogen (secondary N) is 1. The zero-order chi connectivity index (χ0) is 24.5. The summed E-state index contributed by atoms with van der Waals surface area (Å²) in [5, 5.41) is 1.83. The number of nitrogens with zero attached hydrogens (tertiary/aromatic N) is 1. The molecule has 0 bridgehead atoms. The molecule has 0 spiro atoms. The first kappa shape index (κ1) is 24.3. The smallest absolute Gasteiger partial charge is 0.256 e. The Kier molecular flexibility index (Phi) is 7.01. The lowest BCUT2D eigenvalue weighted by atomic mass is 9.87. The van der Waals surface area contributed by atoms with Gasteiger partial charge in [-0.1, -0.05) is 80.4 Å². The van der Waals surface area contributed by atoms with Crippen LogP contribution < -0.4 is 0 Å². The second-order valence-corrected chi connectivity index (χ2v) is 10.4. The fraction of sp³-hybridized carbons (Fsp3) is 0.250. The molecule has 176 valence electrons. The standard InChI is InChI=1S/C28H27Cl2FN2O/c1-28(2,3)21-8-4-18(5-9-21)16-33(17-25(31)19-6-10-22(29)11-7-19)27(34)24-15-23(30)14-20-12-13-32-26(20)24/h4-15,25,32H,16-17H2,1-3H3. The van der Waals surface area contributed by atoms with Crippen molar-refractivity contribution < 1.29 is 9.18 Å². The second kappa shape index (κ2) is 9.81. The van der Waals surface area contributed by atoms with Crippen molar-refractivity contribution in [1.29, 1.82) is 0 Å². The maximum atomic E-state index is 15.4. The minimum Gasteiger partial charge on any atom is -0.361 e. The molecule has 4 rings (SSSR count). The Morgan fingerprint density at radius 3 is 2.29 bits per heavy atom. The van der Waals surface area contributed by atoms with Crippen LogP contribution in [0.1, 0.15) is 54.0 Å². The lowest BCUT2D eigenvalue weighted by molar-refractivity contribution is 0.0694. The van der Waals surface area contributed by atoms with E-state index in [0.29, 0.717) is 26.7 Å². The van der Waals surface area contributed by atoms with Crippen LogP contribution in [0, 0.1) is 0 Å². The SMILES string of the molecule is CC(C)(C)c1ccc(CN(CC(F)c2ccc(Cl)cc2)C(=O)c2cc(Cl)cc3cc[nH]c23)cc1. The number of carbonyl (C=O) groups is 1. The minimum atomic E-state index is -1.37. The van der Waals surface area contributed by atoms with Gasteiger partial charge in [-0.25, -0.2) is 4.39 Å². The molecule has 34 heavy (non-hydrogen) atoms. The predicted molar refractivity (Wildman–Crippen MR) is 138 cm³/mol. The summed E-state index contributed by atoms with van der Waals surface area (Å²) in [6.45, 7) is 6.62. The molecule has 0 aliphatic carbocycles. The summed E-state index contributed by atoms with van der Waals surface area (Å²) < 4.78 is 15.4. The quantitative estimate of drug-likeness (QED) is 0.287. The third-order valence-electron chi connectivity index (χ3n) is 5.95. The van der Waals surface area contributed by atoms with E-state index in [4.69, 9.17) is 23.2 Å². The third kappa shape index (κ3) is 5.45. The Labute approximate surface area is 209 Å². The van der Waals surface area contributed by atoms with E-state index in [1.54, 1.807) is 42.6 Å². The van der Waals surface area contributed by atoms with Gasteiger partial charge < -0.3 is 9.88 Å². The normalized spacial score (nSPS) is 12.6. The lowest BCUT2D eigenvalue weighted by Crippen LogP contribution is -2.33. The number of halogens is 3. The molecule has 0 aliphatic rings. The molecule has 3 aromatic carbocycles. The Bertz CT molecular complexity index is 1290. The Balaban J connectivity index is 1.67. The average molecular weight is 497 g/mol. The maximum absolute atomic E-state index is 15.4. The summed E-state index contributed by atoms with van der Waals surface area (Å²) >= 11 is 12.3. The topological polar surface area (TPSA) is 36.1 Å². The number of aromatic amines is 1. The van der Waals surface area contributed by atoms with Crippen LogP contribution in [0.5, 0.6) is 0 Å². The summed E-state index contributed by atoms with van der Waals surface area (Å²) in [7, 11) is 0. The van der Waals surface area contributed by atoms with Gasteiger partial charge in [-0.15, -0.1) is 0 Å². The van der Waals surface area contributed by atoms with E-state index in [9.17, 15) is 4.79 Å². The largest absolute Gasteiger partial charge is 0.361 e. The number of fused-ring (bicyclic) bond motifs is 1. The number of H-pyrrole nitrogens is 1. The summed E-state index contributed by atoms with van der Waals surface area (Å²) in [6.07, 6.45) is 0.396. The molecule has 0 radical (unpaired) electrons. The van der Waals surface area contributed by atoms with Crippen LogP contribution in [0.2, 0.25) is 10.0 Å². The average Bonchev–Trinajstić information content (AvgIpc) is 3.26. The number of hydrogen-bond donors (Lipinski definition) is 1. The molecule has 0 saturated heterocycles. The van der Waals surface area contributed by atoms with E-state index in [-0.39, 0.29) is 24.4 Å². The van der Waals surface area contributed by atoms with E-state index in [2.05, 4.69) is 37.9 Å². The summed E-state index contributed by atoms with van der Waals surface area (Å²) in [5.41, 5.74) is 3.72. The molecule has 1 heterocycles. The van der Waals surface area contributed by atoms with Crippen molar-refractivity contribution in [2.75, 3.05) is 6.54 Å². The highest BCUT2D eigenvalue weighted by molar-refractivity contribution is 6.32. The predicted octanol–water partition coefficient (Wildman–Crippen LogP) is 8.13. The minimum absolute atomic E-state index is 0.0205. The van der Waals surface area contributed by atoms with Crippen molar-refractivity contribution in [2.24, 2.45) is 0 Å². The molecule has 1 atom stereocenters. The van der Waals surface area contributed by atoms with E-state index < -0.39 is 6.17 Å². The first-order chi connectivity index (χ1) is 16.1. The van der Waals surface area contributed by atoms with Crippen molar-refractivity contribution in [3.63, 3.8) is 0 Å². The van der Waals surface area contributed by atoms with Crippen molar-refractivity contribution >= 4 is 40.0 Å². The molecule has 1 aromatic heterocycles. The van der Waals surface area contributed by atoms with Gasteiger partial charge in [-0.2, -0.15) is 0 Å². The number of hydrogen-bond acceptors (Lipinski definition) is 1. The van der Waals surface area contributed by atoms with Crippen molar-refractivity contribution in [3.8, 4) is 0 Å². The highest BCUT2D eigenvalue weighted by Gasteiger charge is 2.24. The molecule has 0 saturated carbocycles. The molecule has 0 fully saturated rings. The Hall–Kier alpha value is -2.82. The Morgan fingerprint density at radius 2 is 1.65 bits per heavy atom. The summed E-state index contributed by atoms with van der Waals surface area (Å²) in [5.74, 6) is -0.286. The number of alkyl halides is 1. The molecule has 4 aromatic rings. The third-order valence-corrected chi connectivity index (χ3v) is 6.42. The van der Waals surface area contributed by atoms with Gasteiger partial charge in [0.25, 0.3) is 5.91 Å². The first-order valence-electron chi connectivity index (χ1n) is 11.2. The van der Waals surface area contributed by atoms with E-state index in [0.717, 1.165) is 10.9 Å². The van der Waals surface area contributed by atoms with Gasteiger partial charge in [0.15, 0.2) is 0 Å². The molecule has 6 heteroatoms. The molecular weight excluding hydrogens is 470 g/mol. The number of carbonyl (C=O) groups excluding carboxylic acids is 1. The lowest BCUT2D eigenvalue weighted by Gasteiger charge is -2.26. The van der Waals surface area contributed by atoms with Gasteiger partial charge in [0, 0.05) is 28.2 Å². The number of rotatable bonds is 6. The van der Waals surface area contributed by atoms with Gasteiger partial charge in [-0.3, -0.25) is 4.79 Å². The zero-order valence-corrected chi connectivity index (χ0v) is 20.9. The fourth-order valence-electron chi connectivity index (χ4n) is 3.99. The summed E-state index contributed by atoms with van der Waals surface area (Å²) in [6, 6.07) is 20.0. The Morgan fingerprint density at radius 1 is 0.971 bits per heavy atom. The van der Waals surface area contributed by atoms with Gasteiger partial charge in [0.2, 0.25) is 0 Å². The first-order valence-corrected chi connectivity index (χ1v) is 11.9. The molecular formula is C28H27Cl2FN2O. The number of aromatic nitrogens is 1. The maximum Gasteiger partial charge on any atom is 0.256 e. The molecule has 1 unspecified atom stereocenters. The monoisotopic (exact) mass is 496 g/mol. The van der Waals surface area contributed by atoms with E-state index >= 15 is 4.39 Å². The van der Waals surface area contributed by atoms with Crippen LogP contribution in [0.25, 0.3) is 10.9 Å². The van der Waals surface area contributed by atoms with Crippen LogP contribution >= 0.6 is 23.2 Å². The van der Waals surface area contributed by atoms with Crippen molar-refractivity contribution in [2.45, 2.75) is 38.9 Å². The van der Waals surface area contributed by atoms with Crippen LogP contribution in [-0.2, 0) is 12.0 Å².